The van der Waals surface area contributed by atoms with E-state index in [2.05, 4.69) is 104 Å². The first-order valence-corrected chi connectivity index (χ1v) is 49.9. The number of esters is 1. The van der Waals surface area contributed by atoms with Crippen LogP contribution >= 0.6 is 0 Å². The number of carbonyl (C=O) groups excluding carboxylic acids is 4. The number of allylic oxidation sites excluding steroid dienone is 1. The molecule has 19 saturated carbocycles. The molecule has 1 spiro atoms. The van der Waals surface area contributed by atoms with E-state index < -0.39 is 11.2 Å². The van der Waals surface area contributed by atoms with E-state index in [0.717, 1.165) is 127 Å². The van der Waals surface area contributed by atoms with Crippen molar-refractivity contribution < 1.29 is 59.3 Å². The van der Waals surface area contributed by atoms with Gasteiger partial charge in [0.2, 0.25) is 0 Å². The number of epoxide rings is 1. The summed E-state index contributed by atoms with van der Waals surface area (Å²) in [6.45, 7) is 45.5. The molecule has 1 saturated heterocycles. The van der Waals surface area contributed by atoms with Crippen molar-refractivity contribution >= 4 is 23.3 Å². The fraction of sp³-hybridized carbons (Fsp3) is 0.943. The van der Waals surface area contributed by atoms with Crippen LogP contribution < -0.4 is 0 Å². The maximum Gasteiger partial charge on any atom is 0.302 e. The Kier molecular flexibility index (Phi) is 21.6. The number of fused-ring (bicyclic) bond motifs is 25. The van der Waals surface area contributed by atoms with E-state index in [1.807, 2.05) is 13.8 Å². The minimum absolute atomic E-state index is 0.0239. The smallest absolute Gasteiger partial charge is 0.302 e. The molecule has 0 aromatic carbocycles. The van der Waals surface area contributed by atoms with Crippen LogP contribution in [0.15, 0.2) is 12.2 Å². The number of hydrogen-bond donors (Lipinski definition) is 6. The first-order valence-electron chi connectivity index (χ1n) is 49.9. The second kappa shape index (κ2) is 29.0. The van der Waals surface area contributed by atoms with Crippen molar-refractivity contribution in [2.75, 3.05) is 6.61 Å². The number of carbonyl (C=O) groups is 4. The molecule has 19 aliphatic carbocycles. The van der Waals surface area contributed by atoms with E-state index in [1.54, 1.807) is 6.92 Å². The summed E-state index contributed by atoms with van der Waals surface area (Å²) >= 11 is 0. The highest BCUT2D eigenvalue weighted by atomic mass is 16.6. The van der Waals surface area contributed by atoms with Crippen LogP contribution in [0.5, 0.6) is 0 Å². The summed E-state index contributed by atoms with van der Waals surface area (Å²) in [5.74, 6) is 11.9. The summed E-state index contributed by atoms with van der Waals surface area (Å²) in [6, 6.07) is 0. The van der Waals surface area contributed by atoms with Crippen LogP contribution in [0.25, 0.3) is 0 Å². The topological polar surface area (TPSA) is 211 Å². The maximum atomic E-state index is 13.2. The summed E-state index contributed by atoms with van der Waals surface area (Å²) in [6.07, 6.45) is 45.3. The van der Waals surface area contributed by atoms with Crippen molar-refractivity contribution in [3.8, 4) is 0 Å². The highest BCUT2D eigenvalue weighted by Crippen LogP contribution is 2.82. The van der Waals surface area contributed by atoms with Gasteiger partial charge in [0.1, 0.15) is 28.9 Å². The Balaban J connectivity index is 0.000000112. The van der Waals surface area contributed by atoms with E-state index in [0.29, 0.717) is 141 Å². The quantitative estimate of drug-likeness (QED) is 0.0833. The Hall–Kier alpha value is -2.06. The molecule has 20 fully saturated rings. The van der Waals surface area contributed by atoms with Gasteiger partial charge in [-0.3, -0.25) is 19.2 Å². The molecule has 35 unspecified atom stereocenters. The lowest BCUT2D eigenvalue weighted by molar-refractivity contribution is -0.249. The number of rotatable bonds is 6. The van der Waals surface area contributed by atoms with Gasteiger partial charge in [0.25, 0.3) is 0 Å². The second-order valence-corrected chi connectivity index (χ2v) is 50.2. The van der Waals surface area contributed by atoms with Gasteiger partial charge in [-0.2, -0.15) is 0 Å². The Morgan fingerprint density at radius 3 is 1.59 bits per heavy atom. The zero-order valence-electron chi connectivity index (χ0n) is 77.2. The van der Waals surface area contributed by atoms with Crippen molar-refractivity contribution in [1.82, 2.24) is 0 Å². The third kappa shape index (κ3) is 11.6. The molecule has 20 aliphatic rings. The summed E-state index contributed by atoms with van der Waals surface area (Å²) in [4.78, 5) is 50.5. The molecule has 0 aromatic heterocycles. The van der Waals surface area contributed by atoms with Crippen LogP contribution in [0.3, 0.4) is 0 Å². The average Bonchev–Trinajstić information content (AvgIpc) is 1.50. The van der Waals surface area contributed by atoms with E-state index in [1.165, 1.54) is 147 Å². The molecule has 0 bridgehead atoms. The normalized spacial score (nSPS) is 57.6. The summed E-state index contributed by atoms with van der Waals surface area (Å²) in [5, 5.41) is 65.4. The van der Waals surface area contributed by atoms with Crippen LogP contribution in [0.1, 0.15) is 381 Å². The van der Waals surface area contributed by atoms with Crippen LogP contribution in [-0.2, 0) is 28.7 Å². The van der Waals surface area contributed by atoms with Gasteiger partial charge in [0.15, 0.2) is 5.78 Å². The number of ether oxygens (including phenoxy) is 2. The van der Waals surface area contributed by atoms with Gasteiger partial charge in [-0.25, -0.2) is 0 Å². The molecule has 12 nitrogen and oxygen atoms in total. The fourth-order valence-corrected chi connectivity index (χ4v) is 41.1. The van der Waals surface area contributed by atoms with Gasteiger partial charge in [-0.15, -0.1) is 0 Å². The number of ketones is 3. The molecule has 20 rings (SSSR count). The first kappa shape index (κ1) is 87.0. The SMILES string of the molecule is C=C(C)C1CCC2(CO)CC[C@]3(C)C(CCC4[C@@]5(C)CCC(O)C(C)(C)C5CC[C@]43C)C12.CC(=O)C1(O)C(C)CC2C3CCC4C[C@@H](O)CCC4(C)C3CCC21C.CC(=O)C12CCCCC1CC1C3CC(C)C4(O)CC(O)CCC4(C)C3CCC12C.CC(=O)OC1CCC2(C)C3CCC4(C)C(CC5CCCCC54C(C)=O)C3CC3OC32C1. The first-order chi connectivity index (χ1) is 54.8. The molecule has 12 heteroatoms. The van der Waals surface area contributed by atoms with Crippen molar-refractivity contribution in [2.24, 2.45) is 183 Å². The van der Waals surface area contributed by atoms with Crippen molar-refractivity contribution in [3.05, 3.63) is 12.2 Å². The lowest BCUT2D eigenvalue weighted by Crippen LogP contribution is -2.66. The molecule has 39 atom stereocenters. The largest absolute Gasteiger partial charge is 0.462 e. The van der Waals surface area contributed by atoms with E-state index in [9.17, 15) is 49.8 Å². The summed E-state index contributed by atoms with van der Waals surface area (Å²) in [5.41, 5.74) is 1.04. The molecule has 0 amide bonds. The van der Waals surface area contributed by atoms with Gasteiger partial charge in [-0.05, 0) is 407 Å². The van der Waals surface area contributed by atoms with Gasteiger partial charge in [-0.1, -0.05) is 128 Å². The lowest BCUT2D eigenvalue weighted by Gasteiger charge is -2.73. The Morgan fingerprint density at radius 1 is 0.419 bits per heavy atom. The third-order valence-electron chi connectivity index (χ3n) is 47.2. The predicted molar refractivity (Wildman–Crippen MR) is 461 cm³/mol. The van der Waals surface area contributed by atoms with Crippen molar-refractivity contribution in [2.45, 2.75) is 429 Å². The average molecular weight is 1620 g/mol. The van der Waals surface area contributed by atoms with Crippen LogP contribution in [0.2, 0.25) is 0 Å². The van der Waals surface area contributed by atoms with Crippen LogP contribution in [-0.4, -0.2) is 108 Å². The van der Waals surface area contributed by atoms with Gasteiger partial charge in [0, 0.05) is 48.0 Å². The molecular formula is C105H168O12. The van der Waals surface area contributed by atoms with Crippen LogP contribution in [0.4, 0.5) is 0 Å². The molecule has 1 aliphatic heterocycles. The lowest BCUT2D eigenvalue weighted by atomic mass is 9.32. The fourth-order valence-electron chi connectivity index (χ4n) is 41.1. The highest BCUT2D eigenvalue weighted by molar-refractivity contribution is 5.87. The monoisotopic (exact) mass is 1620 g/mol. The molecule has 660 valence electrons. The third-order valence-corrected chi connectivity index (χ3v) is 47.2. The molecule has 0 aromatic rings. The minimum atomic E-state index is -1.14. The number of aliphatic hydroxyl groups excluding tert-OH is 4. The molecule has 1 heterocycles. The van der Waals surface area contributed by atoms with E-state index in [-0.39, 0.29) is 102 Å². The maximum absolute atomic E-state index is 13.2. The Labute approximate surface area is 709 Å². The molecule has 0 radical (unpaired) electrons. The van der Waals surface area contributed by atoms with Crippen molar-refractivity contribution in [3.63, 3.8) is 0 Å². The van der Waals surface area contributed by atoms with E-state index in [4.69, 9.17) is 9.47 Å². The van der Waals surface area contributed by atoms with Gasteiger partial charge in [0.05, 0.1) is 30.0 Å². The van der Waals surface area contributed by atoms with Crippen LogP contribution in [0, 0.1) is 183 Å². The number of hydrogen-bond acceptors (Lipinski definition) is 12. The highest BCUT2D eigenvalue weighted by Gasteiger charge is 2.80. The Bertz CT molecular complexity index is 3850. The number of Topliss-reactive ketones (excluding diaryl/α,β-unsaturated/α-hetero) is 3. The predicted octanol–water partition coefficient (Wildman–Crippen LogP) is 21.5. The standard InChI is InChI=1S/C30H50O2.C27H40O4.C26H42O3.C22H36O3/c1-19(2)20-10-15-30(18-31)17-16-28(6)21(25(20)30)8-9-23-27(5)13-12-24(32)26(3,4)22(27)11-14-29(23,28)7;1-16(28)26-10-6-5-7-18(26)13-22-20-14-23-27(31-23)15-19(30-17(2)29)8-11-25(27,4)21(20)9-12-24(22,26)3;1-16-13-20-21(24(4)11-8-19(28)15-26(16,24)29)9-12-23(3)22(20)14-18-7-5-6-10-25(18,23)17(2)27;1-13-11-19-17-6-5-15-12-16(24)7-9-20(15,3)18(17)8-10-21(19,4)22(13,25)14(2)23/h20-25,31-32H,1,8-18H2,2-7H3;18-23H,5-15H2,1-4H3;16,18-22,28-29H,5-15H2,1-4H3;13,15-19,24-25H,5-12H2,1-4H3/t20?,21?,22?,23?,24?,25?,27-,28+,29+,30?;;;13?,15?,16-,17?,18?,19?,20?,21?,22?/m0..0/s1. The minimum Gasteiger partial charge on any atom is -0.462 e. The second-order valence-electron chi connectivity index (χ2n) is 50.2. The van der Waals surface area contributed by atoms with Gasteiger partial charge < -0.3 is 40.1 Å². The zero-order valence-corrected chi connectivity index (χ0v) is 77.2. The zero-order chi connectivity index (χ0) is 84.1. The van der Waals surface area contributed by atoms with Crippen molar-refractivity contribution in [1.29, 1.82) is 0 Å². The number of aliphatic hydroxyl groups is 6. The van der Waals surface area contributed by atoms with Gasteiger partial charge >= 0.3 is 5.97 Å². The molecule has 117 heavy (non-hydrogen) atoms. The Morgan fingerprint density at radius 2 is 0.983 bits per heavy atom. The summed E-state index contributed by atoms with van der Waals surface area (Å²) in [7, 11) is 0. The molecule has 6 N–H and O–H groups in total. The van der Waals surface area contributed by atoms with E-state index >= 15 is 0 Å². The summed E-state index contributed by atoms with van der Waals surface area (Å²) < 4.78 is 12.2. The molecular weight excluding hydrogens is 1450 g/mol.